The van der Waals surface area contributed by atoms with Crippen LogP contribution in [0, 0.1) is 0 Å². The Labute approximate surface area is 150 Å². The second-order valence-corrected chi connectivity index (χ2v) is 7.32. The lowest BCUT2D eigenvalue weighted by molar-refractivity contribution is -0.119. The fourth-order valence-corrected chi connectivity index (χ4v) is 3.78. The fraction of sp³-hybridized carbons (Fsp3) is 0.529. The largest absolute Gasteiger partial charge is 0.376 e. The molecule has 2 aromatic rings. The number of nitrogens with zero attached hydrogens (tertiary/aromatic N) is 4. The van der Waals surface area contributed by atoms with Crippen LogP contribution in [-0.4, -0.2) is 50.7 Å². The quantitative estimate of drug-likeness (QED) is 0.762. The van der Waals surface area contributed by atoms with E-state index in [-0.39, 0.29) is 12.0 Å². The summed E-state index contributed by atoms with van der Waals surface area (Å²) in [5, 5.41) is 12.4. The molecule has 132 valence electrons. The Kier molecular flexibility index (Phi) is 4.98. The van der Waals surface area contributed by atoms with Gasteiger partial charge >= 0.3 is 0 Å². The maximum absolute atomic E-state index is 12.1. The van der Waals surface area contributed by atoms with E-state index < -0.39 is 0 Å². The highest BCUT2D eigenvalue weighted by Crippen LogP contribution is 2.40. The number of ether oxygens (including phenoxy) is 1. The van der Waals surface area contributed by atoms with Gasteiger partial charge in [0.2, 0.25) is 5.91 Å². The molecule has 2 fully saturated rings. The van der Waals surface area contributed by atoms with Gasteiger partial charge in [0.1, 0.15) is 0 Å². The van der Waals surface area contributed by atoms with Crippen LogP contribution < -0.4 is 5.32 Å². The van der Waals surface area contributed by atoms with Gasteiger partial charge in [0.15, 0.2) is 11.0 Å². The first-order chi connectivity index (χ1) is 12.3. The molecule has 3 heterocycles. The van der Waals surface area contributed by atoms with Crippen LogP contribution >= 0.6 is 11.8 Å². The van der Waals surface area contributed by atoms with E-state index in [1.54, 1.807) is 12.4 Å². The van der Waals surface area contributed by atoms with Crippen LogP contribution in [-0.2, 0) is 9.53 Å². The molecule has 0 bridgehead atoms. The van der Waals surface area contributed by atoms with E-state index in [9.17, 15) is 4.79 Å². The lowest BCUT2D eigenvalue weighted by Crippen LogP contribution is -2.32. The first kappa shape index (κ1) is 16.5. The zero-order valence-corrected chi connectivity index (χ0v) is 14.7. The third kappa shape index (κ3) is 4.01. The molecule has 8 heteroatoms. The minimum atomic E-state index is 0.00812. The predicted octanol–water partition coefficient (Wildman–Crippen LogP) is 2.06. The van der Waals surface area contributed by atoms with Crippen LogP contribution in [0.15, 0.2) is 29.7 Å². The number of thioether (sulfide) groups is 1. The summed E-state index contributed by atoms with van der Waals surface area (Å²) in [4.78, 5) is 16.3. The van der Waals surface area contributed by atoms with E-state index in [0.717, 1.165) is 48.8 Å². The number of rotatable bonds is 7. The minimum Gasteiger partial charge on any atom is -0.376 e. The van der Waals surface area contributed by atoms with Crippen LogP contribution in [0.25, 0.3) is 11.4 Å². The summed E-state index contributed by atoms with van der Waals surface area (Å²) >= 11 is 1.44. The molecule has 1 aliphatic carbocycles. The number of pyridine rings is 1. The van der Waals surface area contributed by atoms with Crippen molar-refractivity contribution in [1.82, 2.24) is 25.1 Å². The number of aromatic nitrogens is 4. The highest BCUT2D eigenvalue weighted by molar-refractivity contribution is 7.99. The third-order valence-corrected chi connectivity index (χ3v) is 5.32. The van der Waals surface area contributed by atoms with Crippen molar-refractivity contribution in [2.75, 3.05) is 18.9 Å². The van der Waals surface area contributed by atoms with Crippen molar-refractivity contribution >= 4 is 17.7 Å². The minimum absolute atomic E-state index is 0.00812. The number of hydrogen-bond donors (Lipinski definition) is 1. The maximum Gasteiger partial charge on any atom is 0.230 e. The van der Waals surface area contributed by atoms with Gasteiger partial charge in [-0.15, -0.1) is 10.2 Å². The summed E-state index contributed by atoms with van der Waals surface area (Å²) in [6.45, 7) is 1.40. The molecule has 25 heavy (non-hydrogen) atoms. The molecule has 0 aromatic carbocycles. The van der Waals surface area contributed by atoms with Crippen molar-refractivity contribution in [2.24, 2.45) is 0 Å². The molecule has 1 saturated carbocycles. The summed E-state index contributed by atoms with van der Waals surface area (Å²) in [5.74, 6) is 1.18. The summed E-state index contributed by atoms with van der Waals surface area (Å²) in [6.07, 6.45) is 8.07. The molecule has 0 spiro atoms. The highest BCUT2D eigenvalue weighted by atomic mass is 32.2. The lowest BCUT2D eigenvalue weighted by Gasteiger charge is -2.11. The van der Waals surface area contributed by atoms with Gasteiger partial charge in [-0.05, 0) is 37.8 Å². The zero-order chi connectivity index (χ0) is 17.1. The average Bonchev–Trinajstić information content (AvgIpc) is 3.18. The van der Waals surface area contributed by atoms with Gasteiger partial charge in [0.25, 0.3) is 0 Å². The van der Waals surface area contributed by atoms with Crippen molar-refractivity contribution in [3.63, 3.8) is 0 Å². The molecule has 1 saturated heterocycles. The number of carbonyl (C=O) groups is 1. The van der Waals surface area contributed by atoms with E-state index in [1.165, 1.54) is 11.8 Å². The van der Waals surface area contributed by atoms with Gasteiger partial charge in [0.05, 0.1) is 11.9 Å². The van der Waals surface area contributed by atoms with Gasteiger partial charge in [-0.25, -0.2) is 0 Å². The smallest absolute Gasteiger partial charge is 0.230 e. The summed E-state index contributed by atoms with van der Waals surface area (Å²) in [5.41, 5.74) is 0.955. The van der Waals surface area contributed by atoms with Crippen molar-refractivity contribution in [2.45, 2.75) is 43.0 Å². The molecule has 1 aliphatic heterocycles. The van der Waals surface area contributed by atoms with Gasteiger partial charge in [-0.3, -0.25) is 14.3 Å². The molecule has 1 N–H and O–H groups in total. The van der Waals surface area contributed by atoms with Gasteiger partial charge in [-0.1, -0.05) is 11.8 Å². The molecule has 4 rings (SSSR count). The molecule has 2 aromatic heterocycles. The molecule has 1 amide bonds. The molecule has 2 aliphatic rings. The standard InChI is InChI=1S/C17H21N5O2S/c23-15(19-10-14-4-2-8-24-14)11-25-17-21-20-16(22(17)13-5-6-13)12-3-1-7-18-9-12/h1,3,7,9,13-14H,2,4-6,8,10-11H2,(H,19,23)/t14-/m0/s1. The molecule has 1 atom stereocenters. The molecule has 0 radical (unpaired) electrons. The SMILES string of the molecule is O=C(CSc1nnc(-c2cccnc2)n1C1CC1)NC[C@@H]1CCCO1. The van der Waals surface area contributed by atoms with Crippen LogP contribution in [0.5, 0.6) is 0 Å². The summed E-state index contributed by atoms with van der Waals surface area (Å²) < 4.78 is 7.67. The van der Waals surface area contributed by atoms with Crippen molar-refractivity contribution in [3.8, 4) is 11.4 Å². The number of carbonyl (C=O) groups excluding carboxylic acids is 1. The van der Waals surface area contributed by atoms with E-state index in [4.69, 9.17) is 4.74 Å². The molecule has 7 nitrogen and oxygen atoms in total. The highest BCUT2D eigenvalue weighted by Gasteiger charge is 2.30. The molecular formula is C17H21N5O2S. The Morgan fingerprint density at radius 1 is 1.36 bits per heavy atom. The van der Waals surface area contributed by atoms with E-state index >= 15 is 0 Å². The van der Waals surface area contributed by atoms with Gasteiger partial charge < -0.3 is 10.1 Å². The first-order valence-corrected chi connectivity index (χ1v) is 9.66. The zero-order valence-electron chi connectivity index (χ0n) is 13.9. The number of hydrogen-bond acceptors (Lipinski definition) is 6. The van der Waals surface area contributed by atoms with Gasteiger partial charge in [-0.2, -0.15) is 0 Å². The summed E-state index contributed by atoms with van der Waals surface area (Å²) in [6, 6.07) is 4.31. The number of nitrogens with one attached hydrogen (secondary N) is 1. The maximum atomic E-state index is 12.1. The topological polar surface area (TPSA) is 81.9 Å². The Hall–Kier alpha value is -1.93. The number of amides is 1. The Morgan fingerprint density at radius 2 is 2.28 bits per heavy atom. The fourth-order valence-electron chi connectivity index (χ4n) is 2.94. The Morgan fingerprint density at radius 3 is 3.00 bits per heavy atom. The van der Waals surface area contributed by atoms with Crippen molar-refractivity contribution in [3.05, 3.63) is 24.5 Å². The van der Waals surface area contributed by atoms with E-state index in [2.05, 4.69) is 25.1 Å². The first-order valence-electron chi connectivity index (χ1n) is 8.67. The second kappa shape index (κ2) is 7.53. The molecule has 0 unspecified atom stereocenters. The van der Waals surface area contributed by atoms with E-state index in [1.807, 2.05) is 12.1 Å². The third-order valence-electron chi connectivity index (χ3n) is 4.38. The Bertz CT molecular complexity index is 726. The predicted molar refractivity (Wildman–Crippen MR) is 94.2 cm³/mol. The monoisotopic (exact) mass is 359 g/mol. The van der Waals surface area contributed by atoms with Crippen LogP contribution in [0.3, 0.4) is 0 Å². The average molecular weight is 359 g/mol. The van der Waals surface area contributed by atoms with Crippen LogP contribution in [0.4, 0.5) is 0 Å². The lowest BCUT2D eigenvalue weighted by atomic mass is 10.2. The van der Waals surface area contributed by atoms with E-state index in [0.29, 0.717) is 18.3 Å². The molecular weight excluding hydrogens is 338 g/mol. The normalized spacial score (nSPS) is 19.9. The Balaban J connectivity index is 1.39. The van der Waals surface area contributed by atoms with Crippen LogP contribution in [0.1, 0.15) is 31.7 Å². The second-order valence-electron chi connectivity index (χ2n) is 6.38. The van der Waals surface area contributed by atoms with Crippen molar-refractivity contribution < 1.29 is 9.53 Å². The van der Waals surface area contributed by atoms with Crippen molar-refractivity contribution in [1.29, 1.82) is 0 Å². The van der Waals surface area contributed by atoms with Crippen LogP contribution in [0.2, 0.25) is 0 Å². The summed E-state index contributed by atoms with van der Waals surface area (Å²) in [7, 11) is 0. The van der Waals surface area contributed by atoms with Gasteiger partial charge in [0, 0.05) is 37.2 Å².